The third kappa shape index (κ3) is 3.86. The normalized spacial score (nSPS) is 12.3. The first kappa shape index (κ1) is 14.7. The van der Waals surface area contributed by atoms with Gasteiger partial charge in [-0.1, -0.05) is 48.0 Å². The quantitative estimate of drug-likeness (QED) is 0.505. The predicted octanol–water partition coefficient (Wildman–Crippen LogP) is 4.59. The average Bonchev–Trinajstić information content (AvgIpc) is 2.49. The van der Waals surface area contributed by atoms with Gasteiger partial charge in [0, 0.05) is 12.5 Å². The van der Waals surface area contributed by atoms with E-state index >= 15 is 0 Å². The first-order valence-corrected chi connectivity index (χ1v) is 6.56. The maximum atomic E-state index is 11.7. The number of Topliss-reactive ketones (excluding diaryl/α,β-unsaturated/α-hetero) is 1. The summed E-state index contributed by atoms with van der Waals surface area (Å²) in [4.78, 5) is 11.7. The summed E-state index contributed by atoms with van der Waals surface area (Å²) in [6.45, 7) is 3.33. The van der Waals surface area contributed by atoms with Gasteiger partial charge in [-0.15, -0.1) is 5.11 Å². The van der Waals surface area contributed by atoms with E-state index in [1.807, 2.05) is 25.1 Å². The predicted molar refractivity (Wildman–Crippen MR) is 82.4 cm³/mol. The van der Waals surface area contributed by atoms with Crippen molar-refractivity contribution in [2.45, 2.75) is 13.8 Å². The number of aliphatic hydroxyl groups excluding tert-OH is 1. The number of rotatable bonds is 4. The molecule has 2 aromatic rings. The molecule has 4 heteroatoms. The molecule has 0 aromatic heterocycles. The van der Waals surface area contributed by atoms with Crippen molar-refractivity contribution in [1.82, 2.24) is 0 Å². The molecular formula is C17H16N2O2. The van der Waals surface area contributed by atoms with Crippen LogP contribution in [0.3, 0.4) is 0 Å². The molecule has 0 heterocycles. The number of nitrogens with zero attached hydrogens (tertiary/aromatic N) is 2. The van der Waals surface area contributed by atoms with Crippen LogP contribution in [-0.2, 0) is 4.79 Å². The van der Waals surface area contributed by atoms with Crippen LogP contribution in [0.2, 0.25) is 0 Å². The van der Waals surface area contributed by atoms with E-state index in [2.05, 4.69) is 10.2 Å². The molecule has 0 spiro atoms. The molecule has 0 aliphatic rings. The van der Waals surface area contributed by atoms with E-state index in [1.165, 1.54) is 6.92 Å². The Morgan fingerprint density at radius 3 is 2.19 bits per heavy atom. The molecule has 21 heavy (non-hydrogen) atoms. The number of aryl methyl sites for hydroxylation is 1. The highest BCUT2D eigenvalue weighted by Gasteiger charge is 2.12. The molecular weight excluding hydrogens is 264 g/mol. The summed E-state index contributed by atoms with van der Waals surface area (Å²) in [5.74, 6) is -0.508. The zero-order valence-electron chi connectivity index (χ0n) is 11.9. The second-order valence-electron chi connectivity index (χ2n) is 4.65. The number of hydrogen-bond acceptors (Lipinski definition) is 4. The fourth-order valence-corrected chi connectivity index (χ4v) is 1.74. The van der Waals surface area contributed by atoms with Crippen molar-refractivity contribution in [1.29, 1.82) is 0 Å². The summed E-state index contributed by atoms with van der Waals surface area (Å²) in [5, 5.41) is 18.1. The molecule has 0 radical (unpaired) electrons. The number of carbonyl (C=O) groups is 1. The number of aliphatic hydroxyl groups is 1. The standard InChI is InChI=1S/C17H16N2O2/c1-12-8-10-15(11-9-12)18-19-16(13(2)20)17(21)14-6-4-3-5-7-14/h3-11,21H,1-2H3/b17-16-,19-18?. The molecule has 2 aromatic carbocycles. The molecule has 0 aliphatic carbocycles. The Labute approximate surface area is 123 Å². The number of ketones is 1. The molecule has 0 fully saturated rings. The summed E-state index contributed by atoms with van der Waals surface area (Å²) >= 11 is 0. The van der Waals surface area contributed by atoms with Crippen LogP contribution in [0, 0.1) is 6.92 Å². The summed E-state index contributed by atoms with van der Waals surface area (Å²) in [5.41, 5.74) is 2.22. The van der Waals surface area contributed by atoms with Crippen molar-refractivity contribution in [3.63, 3.8) is 0 Å². The summed E-state index contributed by atoms with van der Waals surface area (Å²) in [6.07, 6.45) is 0. The molecule has 0 saturated carbocycles. The van der Waals surface area contributed by atoms with Gasteiger partial charge in [-0.05, 0) is 19.1 Å². The highest BCUT2D eigenvalue weighted by atomic mass is 16.3. The van der Waals surface area contributed by atoms with E-state index in [4.69, 9.17) is 0 Å². The highest BCUT2D eigenvalue weighted by Crippen LogP contribution is 2.20. The third-order valence-corrected chi connectivity index (χ3v) is 2.90. The molecule has 0 bridgehead atoms. The number of allylic oxidation sites excluding steroid dienone is 1. The number of azo groups is 1. The lowest BCUT2D eigenvalue weighted by Crippen LogP contribution is -1.98. The average molecular weight is 280 g/mol. The summed E-state index contributed by atoms with van der Waals surface area (Å²) < 4.78 is 0. The Morgan fingerprint density at radius 2 is 1.62 bits per heavy atom. The van der Waals surface area contributed by atoms with Gasteiger partial charge in [0.2, 0.25) is 0 Å². The van der Waals surface area contributed by atoms with Crippen LogP contribution < -0.4 is 0 Å². The first-order valence-electron chi connectivity index (χ1n) is 6.56. The Balaban J connectivity index is 2.36. The minimum Gasteiger partial charge on any atom is -0.505 e. The van der Waals surface area contributed by atoms with Crippen LogP contribution >= 0.6 is 0 Å². The zero-order valence-corrected chi connectivity index (χ0v) is 11.9. The Hall–Kier alpha value is -2.75. The van der Waals surface area contributed by atoms with Crippen LogP contribution in [0.4, 0.5) is 5.69 Å². The van der Waals surface area contributed by atoms with Gasteiger partial charge in [0.05, 0.1) is 5.69 Å². The molecule has 0 amide bonds. The van der Waals surface area contributed by atoms with Crippen LogP contribution in [-0.4, -0.2) is 10.9 Å². The lowest BCUT2D eigenvalue weighted by Gasteiger charge is -2.03. The van der Waals surface area contributed by atoms with E-state index in [0.717, 1.165) is 5.56 Å². The molecule has 106 valence electrons. The van der Waals surface area contributed by atoms with Crippen molar-refractivity contribution >= 4 is 17.2 Å². The monoisotopic (exact) mass is 280 g/mol. The fraction of sp³-hybridized carbons (Fsp3) is 0.118. The van der Waals surface area contributed by atoms with E-state index in [1.54, 1.807) is 36.4 Å². The van der Waals surface area contributed by atoms with E-state index in [0.29, 0.717) is 11.3 Å². The number of hydrogen-bond donors (Lipinski definition) is 1. The van der Waals surface area contributed by atoms with Crippen molar-refractivity contribution in [2.75, 3.05) is 0 Å². The minimum atomic E-state index is -0.341. The van der Waals surface area contributed by atoms with Gasteiger partial charge in [-0.3, -0.25) is 4.79 Å². The minimum absolute atomic E-state index is 0.0539. The molecule has 0 atom stereocenters. The van der Waals surface area contributed by atoms with E-state index in [9.17, 15) is 9.90 Å². The van der Waals surface area contributed by atoms with E-state index in [-0.39, 0.29) is 17.2 Å². The molecule has 0 unspecified atom stereocenters. The smallest absolute Gasteiger partial charge is 0.183 e. The van der Waals surface area contributed by atoms with Gasteiger partial charge >= 0.3 is 0 Å². The van der Waals surface area contributed by atoms with Gasteiger partial charge in [0.1, 0.15) is 0 Å². The molecule has 0 saturated heterocycles. The third-order valence-electron chi connectivity index (χ3n) is 2.90. The number of benzene rings is 2. The fourth-order valence-electron chi connectivity index (χ4n) is 1.74. The second kappa shape index (κ2) is 6.61. The Kier molecular flexibility index (Phi) is 4.61. The van der Waals surface area contributed by atoms with Crippen LogP contribution in [0.1, 0.15) is 18.1 Å². The molecule has 1 N–H and O–H groups in total. The molecule has 0 aliphatic heterocycles. The number of carbonyl (C=O) groups excluding carboxylic acids is 1. The van der Waals surface area contributed by atoms with Crippen molar-refractivity contribution in [3.05, 3.63) is 71.4 Å². The Bertz CT molecular complexity index is 686. The maximum Gasteiger partial charge on any atom is 0.183 e. The van der Waals surface area contributed by atoms with Gasteiger partial charge in [0.25, 0.3) is 0 Å². The van der Waals surface area contributed by atoms with Gasteiger partial charge in [0.15, 0.2) is 17.2 Å². The zero-order chi connectivity index (χ0) is 15.2. The summed E-state index contributed by atoms with van der Waals surface area (Å²) in [7, 11) is 0. The largest absolute Gasteiger partial charge is 0.505 e. The highest BCUT2D eigenvalue weighted by molar-refractivity contribution is 5.99. The van der Waals surface area contributed by atoms with Gasteiger partial charge in [-0.25, -0.2) is 0 Å². The first-order chi connectivity index (χ1) is 10.1. The van der Waals surface area contributed by atoms with Crippen LogP contribution in [0.25, 0.3) is 5.76 Å². The second-order valence-corrected chi connectivity index (χ2v) is 4.65. The summed E-state index contributed by atoms with van der Waals surface area (Å²) in [6, 6.07) is 16.2. The SMILES string of the molecule is CC(=O)/C(N=Nc1ccc(C)cc1)=C(/O)c1ccccc1. The van der Waals surface area contributed by atoms with Gasteiger partial charge in [-0.2, -0.15) is 5.11 Å². The lowest BCUT2D eigenvalue weighted by molar-refractivity contribution is -0.113. The topological polar surface area (TPSA) is 62.0 Å². The van der Waals surface area contributed by atoms with Crippen molar-refractivity contribution in [3.8, 4) is 0 Å². The Morgan fingerprint density at radius 1 is 1.00 bits per heavy atom. The van der Waals surface area contributed by atoms with Crippen LogP contribution in [0.5, 0.6) is 0 Å². The van der Waals surface area contributed by atoms with Gasteiger partial charge < -0.3 is 5.11 Å². The van der Waals surface area contributed by atoms with E-state index < -0.39 is 0 Å². The lowest BCUT2D eigenvalue weighted by atomic mass is 10.1. The maximum absolute atomic E-state index is 11.7. The van der Waals surface area contributed by atoms with Crippen molar-refractivity contribution < 1.29 is 9.90 Å². The molecule has 4 nitrogen and oxygen atoms in total. The van der Waals surface area contributed by atoms with Crippen molar-refractivity contribution in [2.24, 2.45) is 10.2 Å². The molecule has 2 rings (SSSR count). The van der Waals surface area contributed by atoms with Crippen LogP contribution in [0.15, 0.2) is 70.5 Å².